The van der Waals surface area contributed by atoms with E-state index in [9.17, 15) is 9.59 Å². The maximum Gasteiger partial charge on any atom is 0.259 e. The number of carbonyl (C=O) groups excluding carboxylic acids is 2. The summed E-state index contributed by atoms with van der Waals surface area (Å²) < 4.78 is 10.5. The predicted molar refractivity (Wildman–Crippen MR) is 98.6 cm³/mol. The lowest BCUT2D eigenvalue weighted by Gasteiger charge is -2.20. The van der Waals surface area contributed by atoms with Gasteiger partial charge in [0.05, 0.1) is 20.3 Å². The third kappa shape index (κ3) is 4.15. The van der Waals surface area contributed by atoms with Gasteiger partial charge in [0, 0.05) is 12.7 Å². The lowest BCUT2D eigenvalue weighted by atomic mass is 10.1. The monoisotopic (exact) mass is 371 g/mol. The molecule has 0 radical (unpaired) electrons. The van der Waals surface area contributed by atoms with Crippen molar-refractivity contribution >= 4 is 17.6 Å². The van der Waals surface area contributed by atoms with Crippen LogP contribution in [0.1, 0.15) is 10.4 Å². The lowest BCUT2D eigenvalue weighted by molar-refractivity contribution is -0.118. The molecule has 2 amide bonds. The van der Waals surface area contributed by atoms with Gasteiger partial charge in [-0.2, -0.15) is 0 Å². The molecule has 27 heavy (non-hydrogen) atoms. The Bertz CT molecular complexity index is 792. The summed E-state index contributed by atoms with van der Waals surface area (Å²) in [5, 5.41) is 5.57. The van der Waals surface area contributed by atoms with Crippen molar-refractivity contribution in [1.29, 1.82) is 0 Å². The van der Waals surface area contributed by atoms with Gasteiger partial charge in [-0.1, -0.05) is 12.1 Å². The number of aromatic nitrogens is 1. The Kier molecular flexibility index (Phi) is 5.84. The van der Waals surface area contributed by atoms with Crippen LogP contribution in [0.4, 0.5) is 5.82 Å². The van der Waals surface area contributed by atoms with Gasteiger partial charge in [0.1, 0.15) is 28.9 Å². The molecule has 1 saturated heterocycles. The molecule has 0 aliphatic carbocycles. The van der Waals surface area contributed by atoms with Crippen molar-refractivity contribution in [1.82, 2.24) is 21.2 Å². The molecule has 142 valence electrons. The van der Waals surface area contributed by atoms with Crippen LogP contribution in [0.2, 0.25) is 0 Å². The quantitative estimate of drug-likeness (QED) is 0.578. The van der Waals surface area contributed by atoms with Crippen molar-refractivity contribution in [3.63, 3.8) is 0 Å². The summed E-state index contributed by atoms with van der Waals surface area (Å²) in [6, 6.07) is 9.16. The van der Waals surface area contributed by atoms with Crippen LogP contribution >= 0.6 is 0 Å². The highest BCUT2D eigenvalue weighted by atomic mass is 16.5. The molecule has 2 aromatic rings. The molecule has 0 bridgehead atoms. The summed E-state index contributed by atoms with van der Waals surface area (Å²) in [6.07, 6.45) is 1.59. The van der Waals surface area contributed by atoms with E-state index < -0.39 is 18.0 Å². The Morgan fingerprint density at radius 2 is 1.85 bits per heavy atom. The van der Waals surface area contributed by atoms with E-state index >= 15 is 0 Å². The highest BCUT2D eigenvalue weighted by molar-refractivity contribution is 6.01. The number of anilines is 1. The number of nitrogens with one attached hydrogen (secondary N) is 4. The minimum Gasteiger partial charge on any atom is -0.496 e. The van der Waals surface area contributed by atoms with Crippen molar-refractivity contribution in [2.45, 2.75) is 12.1 Å². The average Bonchev–Trinajstić information content (AvgIpc) is 3.16. The van der Waals surface area contributed by atoms with Crippen molar-refractivity contribution in [3.8, 4) is 11.5 Å². The zero-order chi connectivity index (χ0) is 19.2. The van der Waals surface area contributed by atoms with Crippen LogP contribution in [-0.4, -0.2) is 49.6 Å². The minimum absolute atomic E-state index is 0.276. The van der Waals surface area contributed by atoms with E-state index in [1.165, 1.54) is 14.2 Å². The van der Waals surface area contributed by atoms with E-state index in [-0.39, 0.29) is 11.5 Å². The average molecular weight is 371 g/mol. The molecule has 9 heteroatoms. The number of hydrogen-bond donors (Lipinski definition) is 4. The number of nitrogens with zero attached hydrogens (tertiary/aromatic N) is 1. The van der Waals surface area contributed by atoms with Gasteiger partial charge in [-0.15, -0.1) is 0 Å². The number of carbonyl (C=O) groups is 2. The normalized spacial score (nSPS) is 18.6. The standard InChI is InChI=1S/C18H21N5O4/c1-26-12-6-5-7-13(27-2)15(12)17(24)21-11-10-20-23-16(11)18(25)22-14-8-3-4-9-19-14/h3-9,11,16,20,23H,10H2,1-2H3,(H,21,24)(H,19,22,25). The second-order valence-electron chi connectivity index (χ2n) is 5.82. The van der Waals surface area contributed by atoms with Crippen LogP contribution in [0.15, 0.2) is 42.6 Å². The van der Waals surface area contributed by atoms with E-state index in [1.54, 1.807) is 42.6 Å². The minimum atomic E-state index is -0.670. The zero-order valence-corrected chi connectivity index (χ0v) is 15.0. The van der Waals surface area contributed by atoms with Gasteiger partial charge >= 0.3 is 0 Å². The molecule has 1 fully saturated rings. The van der Waals surface area contributed by atoms with E-state index in [0.717, 1.165) is 0 Å². The largest absolute Gasteiger partial charge is 0.496 e. The maximum atomic E-state index is 12.8. The van der Waals surface area contributed by atoms with Gasteiger partial charge in [0.15, 0.2) is 0 Å². The number of hydrazine groups is 1. The Morgan fingerprint density at radius 1 is 1.11 bits per heavy atom. The van der Waals surface area contributed by atoms with Gasteiger partial charge < -0.3 is 20.1 Å². The Balaban J connectivity index is 1.73. The topological polar surface area (TPSA) is 114 Å². The third-order valence-corrected chi connectivity index (χ3v) is 4.15. The number of methoxy groups -OCH3 is 2. The first-order valence-electron chi connectivity index (χ1n) is 8.36. The van der Waals surface area contributed by atoms with Crippen molar-refractivity contribution in [3.05, 3.63) is 48.2 Å². The number of ether oxygens (including phenoxy) is 2. The third-order valence-electron chi connectivity index (χ3n) is 4.15. The van der Waals surface area contributed by atoms with Crippen molar-refractivity contribution in [2.24, 2.45) is 0 Å². The van der Waals surface area contributed by atoms with Crippen molar-refractivity contribution in [2.75, 3.05) is 26.1 Å². The fourth-order valence-electron chi connectivity index (χ4n) is 2.84. The van der Waals surface area contributed by atoms with Gasteiger partial charge in [-0.25, -0.2) is 10.4 Å². The summed E-state index contributed by atoms with van der Waals surface area (Å²) in [4.78, 5) is 29.4. The molecule has 1 aromatic heterocycles. The first-order valence-corrected chi connectivity index (χ1v) is 8.36. The van der Waals surface area contributed by atoms with E-state index in [1.807, 2.05) is 0 Å². The van der Waals surface area contributed by atoms with Crippen LogP contribution in [0.5, 0.6) is 11.5 Å². The molecule has 2 unspecified atom stereocenters. The summed E-state index contributed by atoms with van der Waals surface area (Å²) in [6.45, 7) is 0.378. The summed E-state index contributed by atoms with van der Waals surface area (Å²) in [5.74, 6) is 0.514. The molecule has 2 atom stereocenters. The highest BCUT2D eigenvalue weighted by Gasteiger charge is 2.35. The summed E-state index contributed by atoms with van der Waals surface area (Å²) in [5.41, 5.74) is 6.04. The van der Waals surface area contributed by atoms with Gasteiger partial charge in [-0.05, 0) is 24.3 Å². The molecule has 9 nitrogen and oxygen atoms in total. The van der Waals surface area contributed by atoms with Gasteiger partial charge in [-0.3, -0.25) is 15.0 Å². The number of pyridine rings is 1. The fourth-order valence-corrected chi connectivity index (χ4v) is 2.84. The Morgan fingerprint density at radius 3 is 2.48 bits per heavy atom. The van der Waals surface area contributed by atoms with Crippen LogP contribution in [0, 0.1) is 0 Å². The van der Waals surface area contributed by atoms with E-state index in [2.05, 4.69) is 26.5 Å². The van der Waals surface area contributed by atoms with Crippen LogP contribution in [0.25, 0.3) is 0 Å². The molecule has 2 heterocycles. The van der Waals surface area contributed by atoms with Gasteiger partial charge in [0.2, 0.25) is 5.91 Å². The Hall–Kier alpha value is -3.17. The molecule has 3 rings (SSSR count). The van der Waals surface area contributed by atoms with Crippen LogP contribution in [0.3, 0.4) is 0 Å². The predicted octanol–water partition coefficient (Wildman–Crippen LogP) is 0.312. The second-order valence-corrected chi connectivity index (χ2v) is 5.82. The molecule has 4 N–H and O–H groups in total. The van der Waals surface area contributed by atoms with E-state index in [4.69, 9.17) is 9.47 Å². The molecular weight excluding hydrogens is 350 g/mol. The lowest BCUT2D eigenvalue weighted by Crippen LogP contribution is -2.51. The fraction of sp³-hybridized carbons (Fsp3) is 0.278. The second kappa shape index (κ2) is 8.47. The van der Waals surface area contributed by atoms with Gasteiger partial charge in [0.25, 0.3) is 5.91 Å². The van der Waals surface area contributed by atoms with Crippen molar-refractivity contribution < 1.29 is 19.1 Å². The van der Waals surface area contributed by atoms with E-state index in [0.29, 0.717) is 23.9 Å². The SMILES string of the molecule is COc1cccc(OC)c1C(=O)NC1CNNC1C(=O)Nc1ccccn1. The Labute approximate surface area is 156 Å². The molecular formula is C18H21N5O4. The number of benzene rings is 1. The number of rotatable bonds is 6. The maximum absolute atomic E-state index is 12.8. The highest BCUT2D eigenvalue weighted by Crippen LogP contribution is 2.28. The summed E-state index contributed by atoms with van der Waals surface area (Å²) in [7, 11) is 2.96. The number of amides is 2. The first kappa shape index (κ1) is 18.6. The number of hydrogen-bond acceptors (Lipinski definition) is 7. The van der Waals surface area contributed by atoms with Crippen LogP contribution < -0.4 is 31.0 Å². The molecule has 1 aliphatic heterocycles. The molecule has 0 spiro atoms. The smallest absolute Gasteiger partial charge is 0.259 e. The molecule has 1 aromatic carbocycles. The summed E-state index contributed by atoms with van der Waals surface area (Å²) >= 11 is 0. The molecule has 0 saturated carbocycles. The van der Waals surface area contributed by atoms with Crippen LogP contribution in [-0.2, 0) is 4.79 Å². The first-order chi connectivity index (χ1) is 13.1. The molecule has 1 aliphatic rings. The zero-order valence-electron chi connectivity index (χ0n) is 15.0.